The van der Waals surface area contributed by atoms with Crippen molar-refractivity contribution in [3.8, 4) is 11.5 Å². The fourth-order valence-electron chi connectivity index (χ4n) is 3.63. The molecule has 1 aromatic carbocycles. The Balaban J connectivity index is 1.53. The topological polar surface area (TPSA) is 92.8 Å². The lowest BCUT2D eigenvalue weighted by atomic mass is 9.95. The molecule has 8 nitrogen and oxygen atoms in total. The molecule has 0 saturated carbocycles. The number of ether oxygens (including phenoxy) is 2. The Morgan fingerprint density at radius 3 is 2.45 bits per heavy atom. The number of pyridine rings is 1. The van der Waals surface area contributed by atoms with Crippen molar-refractivity contribution in [1.29, 1.82) is 0 Å². The summed E-state index contributed by atoms with van der Waals surface area (Å²) in [6.07, 6.45) is 3.12. The number of hydrogen-bond acceptors (Lipinski definition) is 6. The zero-order valence-corrected chi connectivity index (χ0v) is 18.5. The van der Waals surface area contributed by atoms with Crippen LogP contribution in [0.1, 0.15) is 25.3 Å². The molecule has 1 aliphatic heterocycles. The van der Waals surface area contributed by atoms with Gasteiger partial charge < -0.3 is 20.1 Å². The molecule has 3 rings (SSSR count). The second-order valence-corrected chi connectivity index (χ2v) is 7.75. The fraction of sp³-hybridized carbons (Fsp3) is 0.435. The van der Waals surface area contributed by atoms with Crippen molar-refractivity contribution in [2.45, 2.75) is 32.7 Å². The molecule has 31 heavy (non-hydrogen) atoms. The van der Waals surface area contributed by atoms with E-state index in [0.717, 1.165) is 5.56 Å². The third-order valence-electron chi connectivity index (χ3n) is 5.65. The van der Waals surface area contributed by atoms with Crippen molar-refractivity contribution in [1.82, 2.24) is 9.88 Å². The van der Waals surface area contributed by atoms with Crippen molar-refractivity contribution in [2.24, 2.45) is 5.92 Å². The standard InChI is InChI=1S/C23H30N4O4/c1-15-5-8-21(24-14-15)26-23(29)17-9-11-27(12-10-17)16(2)22(28)25-19-13-18(30-3)6-7-20(19)31-4/h5-8,13-14,16-17H,9-12H2,1-4H3,(H,25,28)(H,24,26,29). The number of aromatic nitrogens is 1. The number of benzene rings is 1. The molecule has 1 saturated heterocycles. The largest absolute Gasteiger partial charge is 0.497 e. The summed E-state index contributed by atoms with van der Waals surface area (Å²) in [5.41, 5.74) is 1.61. The van der Waals surface area contributed by atoms with E-state index in [9.17, 15) is 9.59 Å². The Hall–Kier alpha value is -3.13. The van der Waals surface area contributed by atoms with E-state index in [1.165, 1.54) is 0 Å². The highest BCUT2D eigenvalue weighted by atomic mass is 16.5. The maximum atomic E-state index is 12.8. The number of hydrogen-bond donors (Lipinski definition) is 2. The number of anilines is 2. The van der Waals surface area contributed by atoms with Crippen LogP contribution in [0.15, 0.2) is 36.5 Å². The SMILES string of the molecule is COc1ccc(OC)c(NC(=O)C(C)N2CCC(C(=O)Nc3ccc(C)cn3)CC2)c1. The van der Waals surface area contributed by atoms with E-state index < -0.39 is 0 Å². The number of amides is 2. The first-order chi connectivity index (χ1) is 14.9. The summed E-state index contributed by atoms with van der Waals surface area (Å²) in [7, 11) is 3.13. The van der Waals surface area contributed by atoms with E-state index in [2.05, 4.69) is 20.5 Å². The van der Waals surface area contributed by atoms with Crippen LogP contribution in [-0.4, -0.2) is 55.0 Å². The molecular formula is C23H30N4O4. The van der Waals surface area contributed by atoms with Gasteiger partial charge in [0.25, 0.3) is 0 Å². The van der Waals surface area contributed by atoms with Crippen LogP contribution in [0.2, 0.25) is 0 Å². The Labute approximate surface area is 182 Å². The first kappa shape index (κ1) is 22.6. The number of likely N-dealkylation sites (tertiary alicyclic amines) is 1. The molecule has 8 heteroatoms. The summed E-state index contributed by atoms with van der Waals surface area (Å²) in [6.45, 7) is 5.17. The molecule has 1 fully saturated rings. The Bertz CT molecular complexity index is 908. The van der Waals surface area contributed by atoms with Crippen LogP contribution < -0.4 is 20.1 Å². The van der Waals surface area contributed by atoms with Crippen LogP contribution in [-0.2, 0) is 9.59 Å². The fourth-order valence-corrected chi connectivity index (χ4v) is 3.63. The molecule has 0 spiro atoms. The summed E-state index contributed by atoms with van der Waals surface area (Å²) in [6, 6.07) is 8.66. The predicted octanol–water partition coefficient (Wildman–Crippen LogP) is 3.08. The average Bonchev–Trinajstić information content (AvgIpc) is 2.80. The van der Waals surface area contributed by atoms with Gasteiger partial charge in [-0.05, 0) is 63.5 Å². The molecule has 166 valence electrons. The van der Waals surface area contributed by atoms with Crippen molar-refractivity contribution < 1.29 is 19.1 Å². The van der Waals surface area contributed by atoms with Crippen LogP contribution in [0.5, 0.6) is 11.5 Å². The first-order valence-corrected chi connectivity index (χ1v) is 10.4. The van der Waals surface area contributed by atoms with E-state index >= 15 is 0 Å². The molecule has 2 aromatic rings. The number of aryl methyl sites for hydroxylation is 1. The number of rotatable bonds is 7. The second kappa shape index (κ2) is 10.3. The van der Waals surface area contributed by atoms with Gasteiger partial charge in [-0.15, -0.1) is 0 Å². The molecular weight excluding hydrogens is 396 g/mol. The number of carbonyl (C=O) groups is 2. The van der Waals surface area contributed by atoms with Gasteiger partial charge in [0.2, 0.25) is 11.8 Å². The molecule has 0 radical (unpaired) electrons. The van der Waals surface area contributed by atoms with E-state index in [-0.39, 0.29) is 23.8 Å². The quantitative estimate of drug-likeness (QED) is 0.707. The van der Waals surface area contributed by atoms with Gasteiger partial charge in [-0.25, -0.2) is 4.98 Å². The molecule has 1 atom stereocenters. The molecule has 0 aliphatic carbocycles. The van der Waals surface area contributed by atoms with Crippen molar-refractivity contribution in [2.75, 3.05) is 37.9 Å². The Morgan fingerprint density at radius 1 is 1.10 bits per heavy atom. The molecule has 0 bridgehead atoms. The highest BCUT2D eigenvalue weighted by molar-refractivity contribution is 5.96. The van der Waals surface area contributed by atoms with E-state index in [1.807, 2.05) is 26.0 Å². The van der Waals surface area contributed by atoms with Gasteiger partial charge >= 0.3 is 0 Å². The minimum Gasteiger partial charge on any atom is -0.497 e. The molecule has 2 amide bonds. The van der Waals surface area contributed by atoms with Gasteiger partial charge in [-0.1, -0.05) is 6.07 Å². The normalized spacial score (nSPS) is 15.7. The zero-order chi connectivity index (χ0) is 22.4. The van der Waals surface area contributed by atoms with Crippen LogP contribution in [0.4, 0.5) is 11.5 Å². The maximum Gasteiger partial charge on any atom is 0.241 e. The predicted molar refractivity (Wildman–Crippen MR) is 120 cm³/mol. The van der Waals surface area contributed by atoms with Gasteiger partial charge in [0.1, 0.15) is 17.3 Å². The van der Waals surface area contributed by atoms with Gasteiger partial charge in [-0.2, -0.15) is 0 Å². The van der Waals surface area contributed by atoms with Crippen molar-refractivity contribution >= 4 is 23.3 Å². The van der Waals surface area contributed by atoms with Crippen LogP contribution >= 0.6 is 0 Å². The van der Waals surface area contributed by atoms with Gasteiger partial charge in [0.15, 0.2) is 0 Å². The highest BCUT2D eigenvalue weighted by Crippen LogP contribution is 2.29. The lowest BCUT2D eigenvalue weighted by Crippen LogP contribution is -2.47. The zero-order valence-electron chi connectivity index (χ0n) is 18.5. The van der Waals surface area contributed by atoms with E-state index in [4.69, 9.17) is 9.47 Å². The third-order valence-corrected chi connectivity index (χ3v) is 5.65. The Morgan fingerprint density at radius 2 is 1.84 bits per heavy atom. The molecule has 1 unspecified atom stereocenters. The van der Waals surface area contributed by atoms with E-state index in [1.54, 1.807) is 38.6 Å². The van der Waals surface area contributed by atoms with Crippen molar-refractivity contribution in [3.05, 3.63) is 42.1 Å². The van der Waals surface area contributed by atoms with Crippen LogP contribution in [0.3, 0.4) is 0 Å². The molecule has 1 aromatic heterocycles. The number of carbonyl (C=O) groups excluding carboxylic acids is 2. The number of methoxy groups -OCH3 is 2. The van der Waals surface area contributed by atoms with Gasteiger partial charge in [0.05, 0.1) is 25.9 Å². The highest BCUT2D eigenvalue weighted by Gasteiger charge is 2.30. The molecule has 2 N–H and O–H groups in total. The minimum absolute atomic E-state index is 0.0192. The van der Waals surface area contributed by atoms with Gasteiger partial charge in [0, 0.05) is 18.2 Å². The Kier molecular flexibility index (Phi) is 7.46. The average molecular weight is 427 g/mol. The number of piperidine rings is 1. The second-order valence-electron chi connectivity index (χ2n) is 7.75. The first-order valence-electron chi connectivity index (χ1n) is 10.4. The molecule has 2 heterocycles. The third kappa shape index (κ3) is 5.73. The van der Waals surface area contributed by atoms with Crippen LogP contribution in [0, 0.1) is 12.8 Å². The number of nitrogens with one attached hydrogen (secondary N) is 2. The smallest absolute Gasteiger partial charge is 0.241 e. The lowest BCUT2D eigenvalue weighted by molar-refractivity contribution is -0.123. The minimum atomic E-state index is -0.335. The van der Waals surface area contributed by atoms with E-state index in [0.29, 0.717) is 48.9 Å². The monoisotopic (exact) mass is 426 g/mol. The molecule has 1 aliphatic rings. The summed E-state index contributed by atoms with van der Waals surface area (Å²) >= 11 is 0. The summed E-state index contributed by atoms with van der Waals surface area (Å²) in [5, 5.41) is 5.82. The lowest BCUT2D eigenvalue weighted by Gasteiger charge is -2.34. The van der Waals surface area contributed by atoms with Crippen LogP contribution in [0.25, 0.3) is 0 Å². The summed E-state index contributed by atoms with van der Waals surface area (Å²) < 4.78 is 10.6. The summed E-state index contributed by atoms with van der Waals surface area (Å²) in [4.78, 5) is 31.7. The van der Waals surface area contributed by atoms with Gasteiger partial charge in [-0.3, -0.25) is 14.5 Å². The summed E-state index contributed by atoms with van der Waals surface area (Å²) in [5.74, 6) is 1.54. The number of nitrogens with zero attached hydrogens (tertiary/aromatic N) is 2. The van der Waals surface area contributed by atoms with Crippen molar-refractivity contribution in [3.63, 3.8) is 0 Å². The maximum absolute atomic E-state index is 12.8.